The molecule has 2 unspecified atom stereocenters. The Morgan fingerprint density at radius 2 is 2.43 bits per heavy atom. The van der Waals surface area contributed by atoms with E-state index >= 15 is 0 Å². The Labute approximate surface area is 87.8 Å². The molecule has 0 amide bonds. The lowest BCUT2D eigenvalue weighted by Crippen LogP contribution is -2.59. The summed E-state index contributed by atoms with van der Waals surface area (Å²) in [5.74, 6) is -0.0476. The van der Waals surface area contributed by atoms with Gasteiger partial charge in [-0.15, -0.1) is 11.8 Å². The molecule has 5 heteroatoms. The fourth-order valence-corrected chi connectivity index (χ4v) is 3.73. The standard InChI is InChI=1S/C9H16N2O2S/c1-6-9(3-2-4-10-6)11-7(5-14-9)8(12)13/h6-7,10-11H,2-5H2,1H3,(H,12,13)/t6?,7-,9?/m0/s1. The van der Waals surface area contributed by atoms with Crippen LogP contribution in [0.5, 0.6) is 0 Å². The number of carbonyl (C=O) groups is 1. The molecule has 0 aliphatic carbocycles. The molecule has 0 saturated carbocycles. The Hall–Kier alpha value is -0.260. The van der Waals surface area contributed by atoms with E-state index in [4.69, 9.17) is 5.11 Å². The Balaban J connectivity index is 2.06. The number of hydrogen-bond donors (Lipinski definition) is 3. The number of carboxylic acid groups (broad SMARTS) is 1. The van der Waals surface area contributed by atoms with E-state index in [0.717, 1.165) is 19.4 Å². The van der Waals surface area contributed by atoms with Gasteiger partial charge in [0.2, 0.25) is 0 Å². The summed E-state index contributed by atoms with van der Waals surface area (Å²) < 4.78 is 0. The summed E-state index contributed by atoms with van der Waals surface area (Å²) in [6.07, 6.45) is 2.19. The predicted octanol–water partition coefficient (Wildman–Crippen LogP) is 0.244. The number of carboxylic acids is 1. The Morgan fingerprint density at radius 1 is 1.64 bits per heavy atom. The van der Waals surface area contributed by atoms with Gasteiger partial charge in [0.15, 0.2) is 0 Å². The SMILES string of the molecule is CC1NCCCC12N[C@H](C(=O)O)CS2. The molecule has 0 aromatic heterocycles. The van der Waals surface area contributed by atoms with Crippen LogP contribution in [0.1, 0.15) is 19.8 Å². The predicted molar refractivity (Wildman–Crippen MR) is 56.4 cm³/mol. The van der Waals surface area contributed by atoms with Gasteiger partial charge in [0, 0.05) is 11.8 Å². The lowest BCUT2D eigenvalue weighted by Gasteiger charge is -2.39. The summed E-state index contributed by atoms with van der Waals surface area (Å²) in [4.78, 5) is 10.8. The number of rotatable bonds is 1. The first-order valence-corrected chi connectivity index (χ1v) is 6.00. The normalized spacial score (nSPS) is 42.9. The van der Waals surface area contributed by atoms with E-state index in [1.165, 1.54) is 0 Å². The van der Waals surface area contributed by atoms with Crippen molar-refractivity contribution < 1.29 is 9.90 Å². The molecule has 14 heavy (non-hydrogen) atoms. The Bertz CT molecular complexity index is 249. The van der Waals surface area contributed by atoms with Gasteiger partial charge in [0.05, 0.1) is 4.87 Å². The summed E-state index contributed by atoms with van der Waals surface area (Å²) in [7, 11) is 0. The lowest BCUT2D eigenvalue weighted by atomic mass is 9.98. The van der Waals surface area contributed by atoms with Crippen LogP contribution in [0.3, 0.4) is 0 Å². The fraction of sp³-hybridized carbons (Fsp3) is 0.889. The number of piperidine rings is 1. The average Bonchev–Trinajstić information content (AvgIpc) is 2.56. The van der Waals surface area contributed by atoms with Crippen molar-refractivity contribution in [3.05, 3.63) is 0 Å². The van der Waals surface area contributed by atoms with Crippen LogP contribution in [0.25, 0.3) is 0 Å². The third kappa shape index (κ3) is 1.64. The smallest absolute Gasteiger partial charge is 0.321 e. The molecule has 0 bridgehead atoms. The number of aliphatic carboxylic acids is 1. The van der Waals surface area contributed by atoms with Gasteiger partial charge in [0.1, 0.15) is 6.04 Å². The van der Waals surface area contributed by atoms with Gasteiger partial charge in [-0.1, -0.05) is 0 Å². The molecule has 2 rings (SSSR count). The van der Waals surface area contributed by atoms with E-state index in [2.05, 4.69) is 17.6 Å². The Morgan fingerprint density at radius 3 is 3.00 bits per heavy atom. The highest BCUT2D eigenvalue weighted by atomic mass is 32.2. The summed E-state index contributed by atoms with van der Waals surface area (Å²) in [5, 5.41) is 15.6. The minimum absolute atomic E-state index is 0.0404. The van der Waals surface area contributed by atoms with E-state index in [1.54, 1.807) is 11.8 Å². The quantitative estimate of drug-likeness (QED) is 0.586. The van der Waals surface area contributed by atoms with E-state index in [1.807, 2.05) is 0 Å². The molecule has 2 aliphatic rings. The first-order valence-electron chi connectivity index (χ1n) is 5.02. The maximum atomic E-state index is 10.8. The van der Waals surface area contributed by atoms with Gasteiger partial charge in [-0.3, -0.25) is 10.1 Å². The van der Waals surface area contributed by atoms with Crippen LogP contribution >= 0.6 is 11.8 Å². The molecule has 0 aromatic rings. The number of hydrogen-bond acceptors (Lipinski definition) is 4. The van der Waals surface area contributed by atoms with Gasteiger partial charge in [-0.25, -0.2) is 0 Å². The van der Waals surface area contributed by atoms with Crippen molar-refractivity contribution in [2.24, 2.45) is 0 Å². The molecular weight excluding hydrogens is 200 g/mol. The molecule has 0 aromatic carbocycles. The van der Waals surface area contributed by atoms with Crippen LogP contribution in [0, 0.1) is 0 Å². The van der Waals surface area contributed by atoms with Crippen LogP contribution < -0.4 is 10.6 Å². The van der Waals surface area contributed by atoms with Crippen molar-refractivity contribution in [2.45, 2.75) is 36.7 Å². The topological polar surface area (TPSA) is 61.4 Å². The first-order chi connectivity index (χ1) is 6.64. The Kier molecular flexibility index (Phi) is 2.72. The minimum atomic E-state index is -0.729. The van der Waals surface area contributed by atoms with Crippen LogP contribution in [-0.4, -0.2) is 40.3 Å². The van der Waals surface area contributed by atoms with Gasteiger partial charge in [-0.05, 0) is 26.3 Å². The second-order valence-electron chi connectivity index (χ2n) is 4.02. The molecule has 2 aliphatic heterocycles. The molecule has 3 N–H and O–H groups in total. The van der Waals surface area contributed by atoms with Crippen LogP contribution in [0.2, 0.25) is 0 Å². The summed E-state index contributed by atoms with van der Waals surface area (Å²) in [5.41, 5.74) is 0. The monoisotopic (exact) mass is 216 g/mol. The minimum Gasteiger partial charge on any atom is -0.480 e. The first kappa shape index (κ1) is 10.3. The highest BCUT2D eigenvalue weighted by Gasteiger charge is 2.46. The molecule has 2 heterocycles. The molecule has 2 fully saturated rings. The lowest BCUT2D eigenvalue weighted by molar-refractivity contribution is -0.139. The second kappa shape index (κ2) is 3.72. The highest BCUT2D eigenvalue weighted by molar-refractivity contribution is 8.01. The van der Waals surface area contributed by atoms with Crippen LogP contribution in [-0.2, 0) is 4.79 Å². The van der Waals surface area contributed by atoms with E-state index in [9.17, 15) is 4.79 Å². The third-order valence-electron chi connectivity index (χ3n) is 3.10. The van der Waals surface area contributed by atoms with E-state index < -0.39 is 5.97 Å². The van der Waals surface area contributed by atoms with Gasteiger partial charge in [0.25, 0.3) is 0 Å². The maximum Gasteiger partial charge on any atom is 0.321 e. The summed E-state index contributed by atoms with van der Waals surface area (Å²) in [6.45, 7) is 3.17. The number of thioether (sulfide) groups is 1. The van der Waals surface area contributed by atoms with Gasteiger partial charge < -0.3 is 10.4 Å². The summed E-state index contributed by atoms with van der Waals surface area (Å²) in [6, 6.07) is -0.0204. The molecule has 2 saturated heterocycles. The number of nitrogens with one attached hydrogen (secondary N) is 2. The van der Waals surface area contributed by atoms with Crippen molar-refractivity contribution in [3.63, 3.8) is 0 Å². The molecule has 0 radical (unpaired) electrons. The second-order valence-corrected chi connectivity index (χ2v) is 5.37. The molecule has 1 spiro atoms. The van der Waals surface area contributed by atoms with Crippen molar-refractivity contribution in [2.75, 3.05) is 12.3 Å². The van der Waals surface area contributed by atoms with E-state index in [-0.39, 0.29) is 10.9 Å². The van der Waals surface area contributed by atoms with Gasteiger partial charge in [-0.2, -0.15) is 0 Å². The zero-order valence-corrected chi connectivity index (χ0v) is 9.06. The molecule has 80 valence electrons. The van der Waals surface area contributed by atoms with Gasteiger partial charge >= 0.3 is 5.97 Å². The zero-order chi connectivity index (χ0) is 10.2. The molecule has 3 atom stereocenters. The van der Waals surface area contributed by atoms with Crippen molar-refractivity contribution in [1.29, 1.82) is 0 Å². The summed E-state index contributed by atoms with van der Waals surface area (Å²) >= 11 is 1.76. The largest absolute Gasteiger partial charge is 0.480 e. The van der Waals surface area contributed by atoms with E-state index in [0.29, 0.717) is 11.8 Å². The highest BCUT2D eigenvalue weighted by Crippen LogP contribution is 2.39. The van der Waals surface area contributed by atoms with Crippen LogP contribution in [0.15, 0.2) is 0 Å². The zero-order valence-electron chi connectivity index (χ0n) is 8.25. The van der Waals surface area contributed by atoms with Crippen LogP contribution in [0.4, 0.5) is 0 Å². The van der Waals surface area contributed by atoms with Crippen molar-refractivity contribution in [1.82, 2.24) is 10.6 Å². The maximum absolute atomic E-state index is 10.8. The fourth-order valence-electron chi connectivity index (χ4n) is 2.19. The van der Waals surface area contributed by atoms with Crippen molar-refractivity contribution in [3.8, 4) is 0 Å². The average molecular weight is 216 g/mol. The molecular formula is C9H16N2O2S. The van der Waals surface area contributed by atoms with Crippen molar-refractivity contribution >= 4 is 17.7 Å². The molecule has 4 nitrogen and oxygen atoms in total. The third-order valence-corrected chi connectivity index (χ3v) is 4.79.